The van der Waals surface area contributed by atoms with Crippen molar-refractivity contribution in [2.45, 2.75) is 13.3 Å². The minimum Gasteiger partial charge on any atom is -0.333 e. The maximum atomic E-state index is 11.5. The Labute approximate surface area is 83.9 Å². The van der Waals surface area contributed by atoms with Crippen LogP contribution in [0.5, 0.6) is 0 Å². The number of carbonyl (C=O) groups is 2. The fraction of sp³-hybridized carbons (Fsp3) is 0.600. The van der Waals surface area contributed by atoms with E-state index in [4.69, 9.17) is 6.42 Å². The van der Waals surface area contributed by atoms with Crippen LogP contribution in [0.4, 0.5) is 0 Å². The van der Waals surface area contributed by atoms with E-state index >= 15 is 0 Å². The molecular formula is C10H14N2O2. The summed E-state index contributed by atoms with van der Waals surface area (Å²) in [5.41, 5.74) is 0. The zero-order valence-electron chi connectivity index (χ0n) is 8.32. The molecule has 0 bridgehead atoms. The van der Waals surface area contributed by atoms with Crippen LogP contribution in [-0.4, -0.2) is 47.8 Å². The smallest absolute Gasteiger partial charge is 0.312 e. The van der Waals surface area contributed by atoms with Crippen molar-refractivity contribution in [3.05, 3.63) is 0 Å². The molecule has 4 nitrogen and oxygen atoms in total. The molecule has 14 heavy (non-hydrogen) atoms. The average Bonchev–Trinajstić information content (AvgIpc) is 2.18. The molecule has 1 rings (SSSR count). The van der Waals surface area contributed by atoms with E-state index in [-0.39, 0.29) is 6.54 Å². The van der Waals surface area contributed by atoms with Crippen molar-refractivity contribution in [1.29, 1.82) is 0 Å². The molecule has 1 saturated heterocycles. The largest absolute Gasteiger partial charge is 0.333 e. The van der Waals surface area contributed by atoms with Crippen LogP contribution in [0.1, 0.15) is 13.3 Å². The molecule has 0 unspecified atom stereocenters. The van der Waals surface area contributed by atoms with E-state index in [2.05, 4.69) is 5.92 Å². The molecule has 76 valence electrons. The molecular weight excluding hydrogens is 180 g/mol. The molecule has 0 aromatic carbocycles. The second-order valence-electron chi connectivity index (χ2n) is 3.22. The highest BCUT2D eigenvalue weighted by Crippen LogP contribution is 2.04. The van der Waals surface area contributed by atoms with Crippen LogP contribution in [-0.2, 0) is 9.59 Å². The second kappa shape index (κ2) is 4.66. The van der Waals surface area contributed by atoms with E-state index in [0.717, 1.165) is 6.42 Å². The summed E-state index contributed by atoms with van der Waals surface area (Å²) in [5, 5.41) is 0. The SMILES string of the molecule is C#CCN1CCN(CCC)C(=O)C1=O. The molecule has 0 N–H and O–H groups in total. The van der Waals surface area contributed by atoms with Crippen molar-refractivity contribution in [1.82, 2.24) is 9.80 Å². The first-order valence-corrected chi connectivity index (χ1v) is 4.72. The summed E-state index contributed by atoms with van der Waals surface area (Å²) in [4.78, 5) is 25.9. The monoisotopic (exact) mass is 194 g/mol. The molecule has 0 aromatic heterocycles. The lowest BCUT2D eigenvalue weighted by atomic mass is 10.2. The molecule has 2 amide bonds. The minimum atomic E-state index is -0.470. The van der Waals surface area contributed by atoms with Crippen LogP contribution in [0.15, 0.2) is 0 Å². The van der Waals surface area contributed by atoms with Gasteiger partial charge in [0.15, 0.2) is 0 Å². The zero-order valence-corrected chi connectivity index (χ0v) is 8.32. The standard InChI is InChI=1S/C10H14N2O2/c1-3-5-11-7-8-12(6-4-2)10(14)9(11)13/h1H,4-8H2,2H3. The van der Waals surface area contributed by atoms with Crippen LogP contribution < -0.4 is 0 Å². The third-order valence-corrected chi connectivity index (χ3v) is 2.17. The molecule has 0 atom stereocenters. The van der Waals surface area contributed by atoms with Crippen molar-refractivity contribution < 1.29 is 9.59 Å². The molecule has 1 fully saturated rings. The van der Waals surface area contributed by atoms with E-state index in [1.54, 1.807) is 4.90 Å². The molecule has 0 aromatic rings. The Hall–Kier alpha value is -1.50. The summed E-state index contributed by atoms with van der Waals surface area (Å²) < 4.78 is 0. The normalized spacial score (nSPS) is 17.1. The van der Waals surface area contributed by atoms with Crippen LogP contribution >= 0.6 is 0 Å². The minimum absolute atomic E-state index is 0.227. The molecule has 0 radical (unpaired) electrons. The van der Waals surface area contributed by atoms with Crippen LogP contribution in [0, 0.1) is 12.3 Å². The summed E-state index contributed by atoms with van der Waals surface area (Å²) in [6, 6.07) is 0. The first kappa shape index (κ1) is 10.6. The van der Waals surface area contributed by atoms with E-state index < -0.39 is 11.8 Å². The summed E-state index contributed by atoms with van der Waals surface area (Å²) in [5.74, 6) is 1.48. The van der Waals surface area contributed by atoms with Gasteiger partial charge in [-0.2, -0.15) is 0 Å². The van der Waals surface area contributed by atoms with Crippen molar-refractivity contribution >= 4 is 11.8 Å². The van der Waals surface area contributed by atoms with Gasteiger partial charge in [-0.3, -0.25) is 9.59 Å². The lowest BCUT2D eigenvalue weighted by Crippen LogP contribution is -2.54. The van der Waals surface area contributed by atoms with Gasteiger partial charge in [-0.05, 0) is 6.42 Å². The van der Waals surface area contributed by atoms with Gasteiger partial charge in [-0.1, -0.05) is 12.8 Å². The summed E-state index contributed by atoms with van der Waals surface area (Å²) in [6.07, 6.45) is 5.96. The molecule has 1 aliphatic heterocycles. The van der Waals surface area contributed by atoms with Gasteiger partial charge in [0.2, 0.25) is 0 Å². The molecule has 0 spiro atoms. The molecule has 1 aliphatic rings. The van der Waals surface area contributed by atoms with Crippen LogP contribution in [0.25, 0.3) is 0 Å². The topological polar surface area (TPSA) is 40.6 Å². The van der Waals surface area contributed by atoms with E-state index in [0.29, 0.717) is 19.6 Å². The first-order valence-electron chi connectivity index (χ1n) is 4.72. The van der Waals surface area contributed by atoms with Gasteiger partial charge in [-0.15, -0.1) is 6.42 Å². The van der Waals surface area contributed by atoms with Gasteiger partial charge < -0.3 is 9.80 Å². The lowest BCUT2D eigenvalue weighted by molar-refractivity contribution is -0.155. The van der Waals surface area contributed by atoms with Crippen molar-refractivity contribution in [3.63, 3.8) is 0 Å². The Bertz CT molecular complexity index is 280. The number of nitrogens with zero attached hydrogens (tertiary/aromatic N) is 2. The fourth-order valence-electron chi connectivity index (χ4n) is 1.46. The molecule has 4 heteroatoms. The van der Waals surface area contributed by atoms with Gasteiger partial charge in [0.05, 0.1) is 6.54 Å². The lowest BCUT2D eigenvalue weighted by Gasteiger charge is -2.32. The second-order valence-corrected chi connectivity index (χ2v) is 3.22. The quantitative estimate of drug-likeness (QED) is 0.457. The number of piperazine rings is 1. The summed E-state index contributed by atoms with van der Waals surface area (Å²) in [7, 11) is 0. The Morgan fingerprint density at radius 2 is 1.86 bits per heavy atom. The number of rotatable bonds is 3. The van der Waals surface area contributed by atoms with Crippen molar-refractivity contribution in [2.75, 3.05) is 26.2 Å². The van der Waals surface area contributed by atoms with Gasteiger partial charge in [0.1, 0.15) is 0 Å². The Morgan fingerprint density at radius 1 is 1.29 bits per heavy atom. The summed E-state index contributed by atoms with van der Waals surface area (Å²) >= 11 is 0. The maximum absolute atomic E-state index is 11.5. The van der Waals surface area contributed by atoms with Crippen molar-refractivity contribution in [2.24, 2.45) is 0 Å². The zero-order chi connectivity index (χ0) is 10.6. The van der Waals surface area contributed by atoms with E-state index in [1.807, 2.05) is 6.92 Å². The molecule has 0 aliphatic carbocycles. The highest BCUT2D eigenvalue weighted by Gasteiger charge is 2.31. The Balaban J connectivity index is 2.61. The highest BCUT2D eigenvalue weighted by atomic mass is 16.2. The third kappa shape index (κ3) is 2.05. The number of hydrogen-bond acceptors (Lipinski definition) is 2. The van der Waals surface area contributed by atoms with E-state index in [9.17, 15) is 9.59 Å². The maximum Gasteiger partial charge on any atom is 0.312 e. The number of amides is 2. The Morgan fingerprint density at radius 3 is 2.43 bits per heavy atom. The number of hydrogen-bond donors (Lipinski definition) is 0. The average molecular weight is 194 g/mol. The first-order chi connectivity index (χ1) is 6.70. The van der Waals surface area contributed by atoms with Gasteiger partial charge in [0, 0.05) is 19.6 Å². The predicted octanol–water partition coefficient (Wildman–Crippen LogP) is -0.300. The highest BCUT2D eigenvalue weighted by molar-refractivity contribution is 6.35. The van der Waals surface area contributed by atoms with Gasteiger partial charge >= 0.3 is 11.8 Å². The number of carbonyl (C=O) groups excluding carboxylic acids is 2. The van der Waals surface area contributed by atoms with Crippen molar-refractivity contribution in [3.8, 4) is 12.3 Å². The predicted molar refractivity (Wildman–Crippen MR) is 52.3 cm³/mol. The van der Waals surface area contributed by atoms with Crippen LogP contribution in [0.3, 0.4) is 0 Å². The van der Waals surface area contributed by atoms with Gasteiger partial charge in [-0.25, -0.2) is 0 Å². The Kier molecular flexibility index (Phi) is 3.52. The van der Waals surface area contributed by atoms with E-state index in [1.165, 1.54) is 4.90 Å². The summed E-state index contributed by atoms with van der Waals surface area (Å²) in [6.45, 7) is 4.00. The number of terminal acetylenes is 1. The third-order valence-electron chi connectivity index (χ3n) is 2.17. The fourth-order valence-corrected chi connectivity index (χ4v) is 1.46. The van der Waals surface area contributed by atoms with Crippen LogP contribution in [0.2, 0.25) is 0 Å². The van der Waals surface area contributed by atoms with Gasteiger partial charge in [0.25, 0.3) is 0 Å². The molecule has 0 saturated carbocycles. The molecule has 1 heterocycles.